The van der Waals surface area contributed by atoms with Crippen molar-refractivity contribution in [1.82, 2.24) is 9.88 Å². The highest BCUT2D eigenvalue weighted by atomic mass is 79.9. The Bertz CT molecular complexity index is 450. The van der Waals surface area contributed by atoms with Gasteiger partial charge in [-0.1, -0.05) is 0 Å². The summed E-state index contributed by atoms with van der Waals surface area (Å²) in [6.45, 7) is 1.47. The average Bonchev–Trinajstić information content (AvgIpc) is 2.72. The van der Waals surface area contributed by atoms with Gasteiger partial charge in [0.2, 0.25) is 0 Å². The molecule has 1 saturated heterocycles. The van der Waals surface area contributed by atoms with Crippen LogP contribution < -0.4 is 5.32 Å². The summed E-state index contributed by atoms with van der Waals surface area (Å²) in [4.78, 5) is 5.99. The SMILES string of the molecule is CN1CCCC1CNc1ncc(Br)cc1C(F)(F)F. The minimum absolute atomic E-state index is 0.101. The molecule has 1 aromatic rings. The molecule has 1 atom stereocenters. The summed E-state index contributed by atoms with van der Waals surface area (Å²) in [6.07, 6.45) is -0.944. The van der Waals surface area contributed by atoms with Gasteiger partial charge in [0.15, 0.2) is 0 Å². The van der Waals surface area contributed by atoms with Crippen LogP contribution in [0.1, 0.15) is 18.4 Å². The zero-order chi connectivity index (χ0) is 14.0. The van der Waals surface area contributed by atoms with Gasteiger partial charge in [0.1, 0.15) is 5.82 Å². The van der Waals surface area contributed by atoms with Gasteiger partial charge in [-0.2, -0.15) is 13.2 Å². The number of hydrogen-bond donors (Lipinski definition) is 1. The first-order valence-corrected chi connectivity index (χ1v) is 6.84. The number of likely N-dealkylation sites (N-methyl/N-ethyl adjacent to an activating group) is 1. The van der Waals surface area contributed by atoms with Gasteiger partial charge >= 0.3 is 6.18 Å². The number of likely N-dealkylation sites (tertiary alicyclic amines) is 1. The molecule has 1 fully saturated rings. The molecule has 1 N–H and O–H groups in total. The summed E-state index contributed by atoms with van der Waals surface area (Å²) in [7, 11) is 1.99. The number of alkyl halides is 3. The molecule has 19 heavy (non-hydrogen) atoms. The Balaban J connectivity index is 2.11. The van der Waals surface area contributed by atoms with E-state index in [1.54, 1.807) is 0 Å². The Kier molecular flexibility index (Phi) is 4.35. The van der Waals surface area contributed by atoms with E-state index in [1.807, 2.05) is 7.05 Å². The fourth-order valence-electron chi connectivity index (χ4n) is 2.25. The lowest BCUT2D eigenvalue weighted by molar-refractivity contribution is -0.137. The average molecular weight is 338 g/mol. The summed E-state index contributed by atoms with van der Waals surface area (Å²) >= 11 is 3.02. The lowest BCUT2D eigenvalue weighted by Crippen LogP contribution is -2.32. The van der Waals surface area contributed by atoms with Crippen LogP contribution in [0.15, 0.2) is 16.7 Å². The van der Waals surface area contributed by atoms with Gasteiger partial charge in [0, 0.05) is 23.3 Å². The Morgan fingerprint density at radius 1 is 1.53 bits per heavy atom. The van der Waals surface area contributed by atoms with Crippen molar-refractivity contribution in [2.75, 3.05) is 25.5 Å². The second-order valence-electron chi connectivity index (χ2n) is 4.71. The first kappa shape index (κ1) is 14.6. The minimum Gasteiger partial charge on any atom is -0.368 e. The van der Waals surface area contributed by atoms with Crippen molar-refractivity contribution in [2.45, 2.75) is 25.1 Å². The van der Waals surface area contributed by atoms with E-state index in [4.69, 9.17) is 0 Å². The smallest absolute Gasteiger partial charge is 0.368 e. The molecule has 0 aromatic carbocycles. The molecule has 1 aliphatic heterocycles. The number of hydrogen-bond acceptors (Lipinski definition) is 3. The Morgan fingerprint density at radius 2 is 2.26 bits per heavy atom. The fraction of sp³-hybridized carbons (Fsp3) is 0.583. The van der Waals surface area contributed by atoms with Crippen molar-refractivity contribution in [2.24, 2.45) is 0 Å². The van der Waals surface area contributed by atoms with Crippen molar-refractivity contribution in [3.63, 3.8) is 0 Å². The minimum atomic E-state index is -4.40. The summed E-state index contributed by atoms with van der Waals surface area (Å²) < 4.78 is 39.0. The van der Waals surface area contributed by atoms with Crippen LogP contribution in [0.5, 0.6) is 0 Å². The van der Waals surface area contributed by atoms with E-state index in [1.165, 1.54) is 6.20 Å². The molecule has 0 amide bonds. The first-order valence-electron chi connectivity index (χ1n) is 6.05. The van der Waals surface area contributed by atoms with Gasteiger partial charge in [0.25, 0.3) is 0 Å². The van der Waals surface area contributed by atoms with Gasteiger partial charge in [-0.3, -0.25) is 0 Å². The maximum Gasteiger partial charge on any atom is 0.419 e. The van der Waals surface area contributed by atoms with E-state index in [9.17, 15) is 13.2 Å². The van der Waals surface area contributed by atoms with Crippen molar-refractivity contribution < 1.29 is 13.2 Å². The lowest BCUT2D eigenvalue weighted by Gasteiger charge is -2.21. The third-order valence-electron chi connectivity index (χ3n) is 3.34. The van der Waals surface area contributed by atoms with Crippen LogP contribution in [-0.4, -0.2) is 36.1 Å². The zero-order valence-corrected chi connectivity index (χ0v) is 12.1. The second-order valence-corrected chi connectivity index (χ2v) is 5.62. The van der Waals surface area contributed by atoms with E-state index < -0.39 is 11.7 Å². The van der Waals surface area contributed by atoms with E-state index in [-0.39, 0.29) is 11.9 Å². The number of anilines is 1. The van der Waals surface area contributed by atoms with Crippen LogP contribution >= 0.6 is 15.9 Å². The monoisotopic (exact) mass is 337 g/mol. The van der Waals surface area contributed by atoms with Crippen molar-refractivity contribution in [3.05, 3.63) is 22.3 Å². The molecule has 1 aliphatic rings. The third-order valence-corrected chi connectivity index (χ3v) is 3.77. The maximum atomic E-state index is 12.9. The zero-order valence-electron chi connectivity index (χ0n) is 10.5. The summed E-state index contributed by atoms with van der Waals surface area (Å²) in [5.41, 5.74) is -0.734. The molecular formula is C12H15BrF3N3. The molecule has 0 bridgehead atoms. The molecule has 7 heteroatoms. The van der Waals surface area contributed by atoms with E-state index in [0.717, 1.165) is 25.5 Å². The Labute approximate surface area is 118 Å². The summed E-state index contributed by atoms with van der Waals surface area (Å²) in [6, 6.07) is 1.32. The maximum absolute atomic E-state index is 12.9. The van der Waals surface area contributed by atoms with E-state index in [0.29, 0.717) is 11.0 Å². The normalized spacial score (nSPS) is 20.8. The summed E-state index contributed by atoms with van der Waals surface area (Å²) in [5.74, 6) is -0.101. The lowest BCUT2D eigenvalue weighted by atomic mass is 10.2. The van der Waals surface area contributed by atoms with Crippen LogP contribution in [0.4, 0.5) is 19.0 Å². The highest BCUT2D eigenvalue weighted by Gasteiger charge is 2.35. The molecular weight excluding hydrogens is 323 g/mol. The number of halogens is 4. The molecule has 2 rings (SSSR count). The van der Waals surface area contributed by atoms with E-state index in [2.05, 4.69) is 31.1 Å². The van der Waals surface area contributed by atoms with Crippen LogP contribution in [0, 0.1) is 0 Å². The quantitative estimate of drug-likeness (QED) is 0.916. The number of rotatable bonds is 3. The fourth-order valence-corrected chi connectivity index (χ4v) is 2.58. The van der Waals surface area contributed by atoms with Crippen molar-refractivity contribution in [1.29, 1.82) is 0 Å². The van der Waals surface area contributed by atoms with Gasteiger partial charge in [-0.15, -0.1) is 0 Å². The van der Waals surface area contributed by atoms with Gasteiger partial charge in [-0.05, 0) is 48.4 Å². The first-order chi connectivity index (χ1) is 8.88. The van der Waals surface area contributed by atoms with Crippen LogP contribution in [0.25, 0.3) is 0 Å². The molecule has 1 unspecified atom stereocenters. The molecule has 3 nitrogen and oxygen atoms in total. The summed E-state index contributed by atoms with van der Waals surface area (Å²) in [5, 5.41) is 2.83. The molecule has 0 spiro atoms. The molecule has 1 aromatic heterocycles. The predicted molar refractivity (Wildman–Crippen MR) is 71.1 cm³/mol. The molecule has 0 aliphatic carbocycles. The molecule has 0 saturated carbocycles. The van der Waals surface area contributed by atoms with Crippen LogP contribution in [-0.2, 0) is 6.18 Å². The topological polar surface area (TPSA) is 28.2 Å². The number of nitrogens with one attached hydrogen (secondary N) is 1. The number of nitrogens with zero attached hydrogens (tertiary/aromatic N) is 2. The largest absolute Gasteiger partial charge is 0.419 e. The highest BCUT2D eigenvalue weighted by molar-refractivity contribution is 9.10. The van der Waals surface area contributed by atoms with E-state index >= 15 is 0 Å². The Morgan fingerprint density at radius 3 is 2.84 bits per heavy atom. The van der Waals surface area contributed by atoms with Crippen molar-refractivity contribution >= 4 is 21.7 Å². The van der Waals surface area contributed by atoms with Crippen LogP contribution in [0.3, 0.4) is 0 Å². The van der Waals surface area contributed by atoms with Crippen LogP contribution in [0.2, 0.25) is 0 Å². The molecule has 0 radical (unpaired) electrons. The number of pyridine rings is 1. The van der Waals surface area contributed by atoms with Gasteiger partial charge in [0.05, 0.1) is 5.56 Å². The van der Waals surface area contributed by atoms with Gasteiger partial charge in [-0.25, -0.2) is 4.98 Å². The molecule has 106 valence electrons. The third kappa shape index (κ3) is 3.60. The second kappa shape index (κ2) is 5.66. The highest BCUT2D eigenvalue weighted by Crippen LogP contribution is 2.35. The molecule has 2 heterocycles. The number of aromatic nitrogens is 1. The Hall–Kier alpha value is -0.820. The van der Waals surface area contributed by atoms with Crippen molar-refractivity contribution in [3.8, 4) is 0 Å². The standard InChI is InChI=1S/C12H15BrF3N3/c1-19-4-2-3-9(19)7-18-11-10(12(14,15)16)5-8(13)6-17-11/h5-6,9H,2-4,7H2,1H3,(H,17,18). The predicted octanol–water partition coefficient (Wildman–Crippen LogP) is 3.37. The van der Waals surface area contributed by atoms with Gasteiger partial charge < -0.3 is 10.2 Å².